The van der Waals surface area contributed by atoms with E-state index in [-0.39, 0.29) is 18.2 Å². The number of benzene rings is 2. The van der Waals surface area contributed by atoms with Gasteiger partial charge in [0, 0.05) is 28.7 Å². The topological polar surface area (TPSA) is 88.3 Å². The van der Waals surface area contributed by atoms with Crippen molar-refractivity contribution in [2.45, 2.75) is 6.42 Å². The van der Waals surface area contributed by atoms with Crippen molar-refractivity contribution < 1.29 is 14.0 Å². The number of hydrogen-bond acceptors (Lipinski definition) is 5. The Bertz CT molecular complexity index is 990. The second-order valence-corrected chi connectivity index (χ2v) is 7.03. The van der Waals surface area contributed by atoms with Crippen LogP contribution in [-0.2, 0) is 9.59 Å². The number of nitrogens with one attached hydrogen (secondary N) is 1. The number of hydrogen-bond donors (Lipinski definition) is 1. The predicted octanol–water partition coefficient (Wildman–Crippen LogP) is 3.49. The first-order valence-corrected chi connectivity index (χ1v) is 9.13. The van der Waals surface area contributed by atoms with E-state index in [0.29, 0.717) is 23.7 Å². The fourth-order valence-electron chi connectivity index (χ4n) is 3.06. The number of carbonyl (C=O) groups is 2. The highest BCUT2D eigenvalue weighted by Crippen LogP contribution is 2.31. The number of rotatable bonds is 4. The molecule has 0 radical (unpaired) electrons. The quantitative estimate of drug-likeness (QED) is 0.689. The Labute approximate surface area is 163 Å². The normalized spacial score (nSPS) is 16.6. The van der Waals surface area contributed by atoms with Gasteiger partial charge in [0.2, 0.25) is 24.1 Å². The fourth-order valence-corrected chi connectivity index (χ4v) is 3.56. The summed E-state index contributed by atoms with van der Waals surface area (Å²) in [5.74, 6) is -0.304. The average molecular weight is 427 g/mol. The maximum atomic E-state index is 12.7. The van der Waals surface area contributed by atoms with Crippen LogP contribution in [0, 0.1) is 5.92 Å². The summed E-state index contributed by atoms with van der Waals surface area (Å²) in [6.07, 6.45) is 1.43. The molecule has 0 saturated carbocycles. The average Bonchev–Trinajstić information content (AvgIpc) is 3.32. The van der Waals surface area contributed by atoms with E-state index < -0.39 is 5.92 Å². The molecule has 1 aliphatic rings. The molecular formula is C19H15BrN4O3. The van der Waals surface area contributed by atoms with Gasteiger partial charge < -0.3 is 14.6 Å². The molecule has 8 heteroatoms. The standard InChI is InChI=1S/C19H15BrN4O3/c20-15-6-1-2-7-16(15)24-10-13(9-17(24)25)18(26)22-14-5-3-4-12(8-14)19-23-21-11-27-19/h1-8,11,13H,9-10H2,(H,22,26). The third-order valence-electron chi connectivity index (χ3n) is 4.38. The Morgan fingerprint density at radius 3 is 2.85 bits per heavy atom. The molecule has 3 aromatic rings. The van der Waals surface area contributed by atoms with E-state index in [1.54, 1.807) is 23.1 Å². The van der Waals surface area contributed by atoms with Crippen molar-refractivity contribution in [3.63, 3.8) is 0 Å². The molecule has 2 aromatic carbocycles. The molecule has 0 spiro atoms. The van der Waals surface area contributed by atoms with E-state index in [0.717, 1.165) is 10.2 Å². The van der Waals surface area contributed by atoms with Gasteiger partial charge in [-0.2, -0.15) is 0 Å². The van der Waals surface area contributed by atoms with Gasteiger partial charge in [-0.3, -0.25) is 9.59 Å². The third kappa shape index (κ3) is 3.61. The lowest BCUT2D eigenvalue weighted by Crippen LogP contribution is -2.28. The minimum atomic E-state index is -0.420. The molecule has 1 unspecified atom stereocenters. The second-order valence-electron chi connectivity index (χ2n) is 6.17. The Balaban J connectivity index is 1.47. The summed E-state index contributed by atoms with van der Waals surface area (Å²) in [6, 6.07) is 14.6. The van der Waals surface area contributed by atoms with E-state index in [4.69, 9.17) is 4.42 Å². The number of amides is 2. The molecule has 1 saturated heterocycles. The van der Waals surface area contributed by atoms with Crippen LogP contribution in [0.5, 0.6) is 0 Å². The zero-order chi connectivity index (χ0) is 18.8. The molecule has 1 N–H and O–H groups in total. The Hall–Kier alpha value is -3.00. The van der Waals surface area contributed by atoms with Crippen LogP contribution >= 0.6 is 15.9 Å². The molecular weight excluding hydrogens is 412 g/mol. The number of aromatic nitrogens is 2. The maximum Gasteiger partial charge on any atom is 0.247 e. The zero-order valence-electron chi connectivity index (χ0n) is 14.1. The van der Waals surface area contributed by atoms with Gasteiger partial charge in [-0.1, -0.05) is 18.2 Å². The van der Waals surface area contributed by atoms with Crippen LogP contribution in [0.4, 0.5) is 11.4 Å². The SMILES string of the molecule is O=C(Nc1cccc(-c2nnco2)c1)C1CC(=O)N(c2ccccc2Br)C1. The monoisotopic (exact) mass is 426 g/mol. The van der Waals surface area contributed by atoms with Crippen LogP contribution in [-0.4, -0.2) is 28.6 Å². The first-order valence-electron chi connectivity index (χ1n) is 8.34. The van der Waals surface area contributed by atoms with Crippen molar-refractivity contribution in [1.82, 2.24) is 10.2 Å². The van der Waals surface area contributed by atoms with Crippen LogP contribution < -0.4 is 10.2 Å². The molecule has 0 aliphatic carbocycles. The van der Waals surface area contributed by atoms with E-state index in [1.165, 1.54) is 6.39 Å². The summed E-state index contributed by atoms with van der Waals surface area (Å²) in [7, 11) is 0. The van der Waals surface area contributed by atoms with Crippen LogP contribution in [0.1, 0.15) is 6.42 Å². The van der Waals surface area contributed by atoms with Gasteiger partial charge in [-0.05, 0) is 46.3 Å². The van der Waals surface area contributed by atoms with Crippen LogP contribution in [0.15, 0.2) is 63.8 Å². The smallest absolute Gasteiger partial charge is 0.247 e. The van der Waals surface area contributed by atoms with Crippen molar-refractivity contribution in [1.29, 1.82) is 0 Å². The van der Waals surface area contributed by atoms with Gasteiger partial charge >= 0.3 is 0 Å². The molecule has 2 heterocycles. The van der Waals surface area contributed by atoms with Gasteiger partial charge in [0.15, 0.2) is 0 Å². The van der Waals surface area contributed by atoms with E-state index in [9.17, 15) is 9.59 Å². The second kappa shape index (κ2) is 7.32. The first-order chi connectivity index (χ1) is 13.1. The molecule has 136 valence electrons. The van der Waals surface area contributed by atoms with Gasteiger partial charge in [-0.25, -0.2) is 0 Å². The molecule has 4 rings (SSSR count). The largest absolute Gasteiger partial charge is 0.423 e. The summed E-state index contributed by atoms with van der Waals surface area (Å²) in [5, 5.41) is 10.4. The molecule has 1 fully saturated rings. The van der Waals surface area contributed by atoms with Crippen molar-refractivity contribution in [2.75, 3.05) is 16.8 Å². The number of nitrogens with zero attached hydrogens (tertiary/aromatic N) is 3. The lowest BCUT2D eigenvalue weighted by atomic mass is 10.1. The molecule has 1 aliphatic heterocycles. The van der Waals surface area contributed by atoms with Crippen molar-refractivity contribution in [3.05, 3.63) is 59.4 Å². The highest BCUT2D eigenvalue weighted by atomic mass is 79.9. The van der Waals surface area contributed by atoms with E-state index >= 15 is 0 Å². The molecule has 27 heavy (non-hydrogen) atoms. The number of halogens is 1. The Morgan fingerprint density at radius 2 is 2.07 bits per heavy atom. The maximum absolute atomic E-state index is 12.7. The van der Waals surface area contributed by atoms with Crippen LogP contribution in [0.25, 0.3) is 11.5 Å². The number of carbonyl (C=O) groups excluding carboxylic acids is 2. The summed E-state index contributed by atoms with van der Waals surface area (Å²) < 4.78 is 6.00. The predicted molar refractivity (Wildman–Crippen MR) is 103 cm³/mol. The Morgan fingerprint density at radius 1 is 1.22 bits per heavy atom. The molecule has 1 atom stereocenters. The summed E-state index contributed by atoms with van der Waals surface area (Å²) in [5.41, 5.74) is 2.10. The van der Waals surface area contributed by atoms with Crippen molar-refractivity contribution in [2.24, 2.45) is 5.92 Å². The van der Waals surface area contributed by atoms with E-state index in [2.05, 4.69) is 31.4 Å². The van der Waals surface area contributed by atoms with Crippen LogP contribution in [0.3, 0.4) is 0 Å². The zero-order valence-corrected chi connectivity index (χ0v) is 15.7. The fraction of sp³-hybridized carbons (Fsp3) is 0.158. The van der Waals surface area contributed by atoms with Gasteiger partial charge in [0.25, 0.3) is 0 Å². The first kappa shape index (κ1) is 17.4. The molecule has 1 aromatic heterocycles. The lowest BCUT2D eigenvalue weighted by Gasteiger charge is -2.18. The number of anilines is 2. The van der Waals surface area contributed by atoms with Crippen molar-refractivity contribution >= 4 is 39.1 Å². The molecule has 2 amide bonds. The highest BCUT2D eigenvalue weighted by Gasteiger charge is 2.35. The summed E-state index contributed by atoms with van der Waals surface area (Å²) >= 11 is 3.46. The van der Waals surface area contributed by atoms with E-state index in [1.807, 2.05) is 30.3 Å². The van der Waals surface area contributed by atoms with Crippen molar-refractivity contribution in [3.8, 4) is 11.5 Å². The minimum Gasteiger partial charge on any atom is -0.423 e. The molecule has 7 nitrogen and oxygen atoms in total. The Kier molecular flexibility index (Phi) is 4.72. The highest BCUT2D eigenvalue weighted by molar-refractivity contribution is 9.10. The lowest BCUT2D eigenvalue weighted by molar-refractivity contribution is -0.122. The van der Waals surface area contributed by atoms with Gasteiger partial charge in [0.05, 0.1) is 11.6 Å². The van der Waals surface area contributed by atoms with Gasteiger partial charge in [-0.15, -0.1) is 10.2 Å². The van der Waals surface area contributed by atoms with Gasteiger partial charge in [0.1, 0.15) is 0 Å². The number of para-hydroxylation sites is 1. The molecule has 0 bridgehead atoms. The minimum absolute atomic E-state index is 0.0679. The van der Waals surface area contributed by atoms with Crippen LogP contribution in [0.2, 0.25) is 0 Å². The summed E-state index contributed by atoms with van der Waals surface area (Å²) in [6.45, 7) is 0.344. The third-order valence-corrected chi connectivity index (χ3v) is 5.05. The summed E-state index contributed by atoms with van der Waals surface area (Å²) in [4.78, 5) is 26.7.